The molecule has 0 spiro atoms. The number of pyridine rings is 2. The quantitative estimate of drug-likeness (QED) is 0.124. The number of hydrogen-bond donors (Lipinski definition) is 0. The fourth-order valence-corrected chi connectivity index (χ4v) is 7.32. The summed E-state index contributed by atoms with van der Waals surface area (Å²) in [5, 5.41) is 3.38. The number of hydrogen-bond acceptors (Lipinski definition) is 3. The Bertz CT molecular complexity index is 2290. The van der Waals surface area contributed by atoms with Gasteiger partial charge in [0.05, 0.1) is 13.7 Å². The van der Waals surface area contributed by atoms with Crippen LogP contribution in [-0.4, -0.2) is 18.0 Å². The number of aryl methyl sites for hydroxylation is 1. The van der Waals surface area contributed by atoms with Gasteiger partial charge in [-0.25, -0.2) is 0 Å². The van der Waals surface area contributed by atoms with Gasteiger partial charge in [0.2, 0.25) is 0 Å². The van der Waals surface area contributed by atoms with Gasteiger partial charge in [0.15, 0.2) is 0 Å². The van der Waals surface area contributed by atoms with Crippen molar-refractivity contribution >= 4 is 35.2 Å². The number of furan rings is 1. The number of rotatable bonds is 6. The monoisotopic (exact) mass is 840 g/mol. The molecule has 5 heteroatoms. The van der Waals surface area contributed by atoms with Gasteiger partial charge in [0, 0.05) is 44.7 Å². The molecule has 3 heterocycles. The summed E-state index contributed by atoms with van der Waals surface area (Å²) < 4.78 is 46.0. The molecule has 1 aliphatic carbocycles. The van der Waals surface area contributed by atoms with E-state index < -0.39 is 21.3 Å². The summed E-state index contributed by atoms with van der Waals surface area (Å²) in [6, 6.07) is 39.5. The third-order valence-electron chi connectivity index (χ3n) is 9.00. The third-order valence-corrected chi connectivity index (χ3v) is 11.0. The third kappa shape index (κ3) is 8.02. The van der Waals surface area contributed by atoms with Gasteiger partial charge in [0.1, 0.15) is 5.58 Å². The van der Waals surface area contributed by atoms with Crippen LogP contribution >= 0.6 is 0 Å². The Labute approximate surface area is 312 Å². The van der Waals surface area contributed by atoms with Crippen LogP contribution in [-0.2, 0) is 26.5 Å². The predicted octanol–water partition coefficient (Wildman–Crippen LogP) is 11.2. The molecule has 0 bridgehead atoms. The molecule has 7 aromatic rings. The molecule has 0 N–H and O–H groups in total. The smallest absolute Gasteiger partial charge is 0.121 e. The number of aromatic nitrogens is 2. The zero-order valence-corrected chi connectivity index (χ0v) is 31.4. The maximum atomic E-state index is 8.78. The van der Waals surface area contributed by atoms with Gasteiger partial charge >= 0.3 is 0 Å². The van der Waals surface area contributed by atoms with Crippen molar-refractivity contribution in [2.75, 3.05) is 0 Å². The second-order valence-corrected chi connectivity index (χ2v) is 18.6. The van der Waals surface area contributed by atoms with Gasteiger partial charge in [-0.15, -0.1) is 53.6 Å². The van der Waals surface area contributed by atoms with E-state index in [4.69, 9.17) is 11.3 Å². The van der Waals surface area contributed by atoms with Crippen molar-refractivity contribution < 1.29 is 31.4 Å². The molecule has 1 radical (unpaired) electrons. The van der Waals surface area contributed by atoms with Gasteiger partial charge < -0.3 is 14.4 Å². The Morgan fingerprint density at radius 3 is 2.39 bits per heavy atom. The summed E-state index contributed by atoms with van der Waals surface area (Å²) in [7, 11) is -1.34. The fraction of sp³-hybridized carbons (Fsp3) is 0.227. The average molecular weight is 840 g/mol. The Kier molecular flexibility index (Phi) is 8.87. The van der Waals surface area contributed by atoms with Crippen LogP contribution in [0.5, 0.6) is 0 Å². The van der Waals surface area contributed by atoms with Crippen molar-refractivity contribution in [3.05, 3.63) is 139 Å². The molecular formula is C44H42IrN2OSi-2. The van der Waals surface area contributed by atoms with Crippen LogP contribution in [0.15, 0.2) is 120 Å². The minimum atomic E-state index is -2.08. The first-order chi connectivity index (χ1) is 25.3. The molecule has 4 aromatic carbocycles. The standard InChI is InChI=1S/C29H24NO.C15H18NSi.Ir/c1-2-9-22(10-3-1)23-13-14-24-25-11-6-12-26(29(25)31-28(24)19-23)27-18-21(15-16-30-27)17-20-7-4-5-8-20;1-12-5-7-13(8-6-12)15-10-9-14(11-16-15)17(2,3)4;/h1-3,6,9-11,13-16,18-20H,4-5,7-8,17H2;5-7,9-11H,1-4H3;/q2*-1;/i17D2;1D3;. The van der Waals surface area contributed by atoms with Crippen LogP contribution in [0.2, 0.25) is 19.6 Å². The fourth-order valence-electron chi connectivity index (χ4n) is 6.29. The van der Waals surface area contributed by atoms with Gasteiger partial charge in [-0.3, -0.25) is 0 Å². The second-order valence-electron chi connectivity index (χ2n) is 13.5. The molecule has 3 nitrogen and oxygen atoms in total. The summed E-state index contributed by atoms with van der Waals surface area (Å²) >= 11 is 0. The van der Waals surface area contributed by atoms with E-state index in [0.29, 0.717) is 16.8 Å². The first kappa shape index (κ1) is 28.7. The molecular weight excluding hydrogens is 793 g/mol. The number of fused-ring (bicyclic) bond motifs is 3. The Morgan fingerprint density at radius 1 is 0.837 bits per heavy atom. The largest absolute Gasteiger partial charge is 0.501 e. The van der Waals surface area contributed by atoms with E-state index in [1.54, 1.807) is 18.3 Å². The summed E-state index contributed by atoms with van der Waals surface area (Å²) in [6.07, 6.45) is 6.38. The first-order valence-corrected chi connectivity index (χ1v) is 20.2. The van der Waals surface area contributed by atoms with Crippen LogP contribution in [0.4, 0.5) is 0 Å². The summed E-state index contributed by atoms with van der Waals surface area (Å²) in [6.45, 7) is 4.76. The molecule has 0 aliphatic heterocycles. The van der Waals surface area contributed by atoms with E-state index in [9.17, 15) is 0 Å². The van der Waals surface area contributed by atoms with Crippen LogP contribution in [0, 0.1) is 24.9 Å². The Morgan fingerprint density at radius 2 is 1.67 bits per heavy atom. The second kappa shape index (κ2) is 15.2. The molecule has 0 saturated heterocycles. The Hall–Kier alpha value is -4.15. The molecule has 0 atom stereocenters. The zero-order chi connectivity index (χ0) is 37.4. The minimum absolute atomic E-state index is 0. The van der Waals surface area contributed by atoms with Crippen LogP contribution in [0.1, 0.15) is 43.7 Å². The van der Waals surface area contributed by atoms with Crippen molar-refractivity contribution in [2.45, 2.75) is 58.5 Å². The number of nitrogens with zero attached hydrogens (tertiary/aromatic N) is 2. The molecule has 0 unspecified atom stereocenters. The topological polar surface area (TPSA) is 38.9 Å². The summed E-state index contributed by atoms with van der Waals surface area (Å²) in [4.78, 5) is 9.05. The van der Waals surface area contributed by atoms with Crippen LogP contribution < -0.4 is 5.19 Å². The zero-order valence-electron chi connectivity index (χ0n) is 33.0. The summed E-state index contributed by atoms with van der Waals surface area (Å²) in [5.41, 5.74) is 7.92. The van der Waals surface area contributed by atoms with Crippen LogP contribution in [0.25, 0.3) is 55.6 Å². The van der Waals surface area contributed by atoms with Crippen LogP contribution in [0.3, 0.4) is 0 Å². The van der Waals surface area contributed by atoms with E-state index in [-0.39, 0.29) is 26.0 Å². The molecule has 1 aliphatic rings. The van der Waals surface area contributed by atoms with Crippen molar-refractivity contribution in [2.24, 2.45) is 5.92 Å². The molecule has 49 heavy (non-hydrogen) atoms. The van der Waals surface area contributed by atoms with Gasteiger partial charge in [0.25, 0.3) is 0 Å². The van der Waals surface area contributed by atoms with E-state index in [2.05, 4.69) is 78.1 Å². The van der Waals surface area contributed by atoms with Crippen molar-refractivity contribution in [3.63, 3.8) is 0 Å². The van der Waals surface area contributed by atoms with Crippen molar-refractivity contribution in [1.82, 2.24) is 9.97 Å². The molecule has 3 aromatic heterocycles. The van der Waals surface area contributed by atoms with E-state index in [1.807, 2.05) is 54.7 Å². The molecule has 0 amide bonds. The van der Waals surface area contributed by atoms with Crippen molar-refractivity contribution in [1.29, 1.82) is 0 Å². The molecule has 8 rings (SSSR count). The maximum absolute atomic E-state index is 8.78. The predicted molar refractivity (Wildman–Crippen MR) is 203 cm³/mol. The van der Waals surface area contributed by atoms with Gasteiger partial charge in [-0.2, -0.15) is 0 Å². The first-order valence-electron chi connectivity index (χ1n) is 19.2. The van der Waals surface area contributed by atoms with E-state index in [0.717, 1.165) is 75.6 Å². The molecule has 1 saturated carbocycles. The normalized spacial score (nSPS) is 15.3. The van der Waals surface area contributed by atoms with Crippen molar-refractivity contribution in [3.8, 4) is 33.6 Å². The molecule has 249 valence electrons. The average Bonchev–Trinajstić information content (AvgIpc) is 3.84. The SMILES string of the molecule is [2H]C([2H])([2H])c1c[c-]c(-c2ccc([Si](C)(C)C)cn2)cc1.[2H]C([2H])(c1ccnc(-c2[c-]ccc3c2oc2cc(-c4ccccc4)ccc23)c1)C1CCCC1.[Ir]. The number of benzene rings is 4. The van der Waals surface area contributed by atoms with Gasteiger partial charge in [-0.1, -0.05) is 129 Å². The Balaban J connectivity index is 0.000000205. The summed E-state index contributed by atoms with van der Waals surface area (Å²) in [5.74, 6) is 0.0649. The molecule has 1 fully saturated rings. The van der Waals surface area contributed by atoms with Gasteiger partial charge in [-0.05, 0) is 52.1 Å². The van der Waals surface area contributed by atoms with E-state index >= 15 is 0 Å². The minimum Gasteiger partial charge on any atom is -0.501 e. The maximum Gasteiger partial charge on any atom is 0.121 e. The van der Waals surface area contributed by atoms with E-state index in [1.165, 1.54) is 11.3 Å².